The lowest BCUT2D eigenvalue weighted by Gasteiger charge is -2.46. The van der Waals surface area contributed by atoms with Crippen molar-refractivity contribution in [3.8, 4) is 0 Å². The molecule has 0 bridgehead atoms. The van der Waals surface area contributed by atoms with E-state index in [1.807, 2.05) is 0 Å². The highest BCUT2D eigenvalue weighted by molar-refractivity contribution is 7.88. The van der Waals surface area contributed by atoms with Crippen molar-refractivity contribution >= 4 is 22.1 Å². The van der Waals surface area contributed by atoms with Gasteiger partial charge in [0, 0.05) is 5.41 Å². The Kier molecular flexibility index (Phi) is 20.1. The lowest BCUT2D eigenvalue weighted by atomic mass is 9.63. The Morgan fingerprint density at radius 3 is 1.08 bits per heavy atom. The lowest BCUT2D eigenvalue weighted by Crippen LogP contribution is -2.60. The summed E-state index contributed by atoms with van der Waals surface area (Å²) in [5.74, 6) is -3.25. The summed E-state index contributed by atoms with van der Waals surface area (Å²) in [6, 6.07) is 0. The van der Waals surface area contributed by atoms with Crippen molar-refractivity contribution in [2.75, 3.05) is 0 Å². The average Bonchev–Trinajstić information content (AvgIpc) is 2.84. The van der Waals surface area contributed by atoms with Crippen molar-refractivity contribution in [1.29, 1.82) is 0 Å². The van der Waals surface area contributed by atoms with Crippen molar-refractivity contribution in [2.24, 2.45) is 5.41 Å². The fourth-order valence-corrected chi connectivity index (χ4v) is 7.45. The van der Waals surface area contributed by atoms with Crippen LogP contribution in [0.15, 0.2) is 0 Å². The molecule has 0 aliphatic rings. The number of hydrogen-bond donors (Lipinski definition) is 3. The Labute approximate surface area is 233 Å². The molecule has 226 valence electrons. The zero-order valence-corrected chi connectivity index (χ0v) is 25.5. The summed E-state index contributed by atoms with van der Waals surface area (Å²) in [5, 5.41) is 20.1. The first kappa shape index (κ1) is 36.8. The molecule has 8 heteroatoms. The maximum absolute atomic E-state index is 12.9. The fraction of sp³-hybridized carbons (Fsp3) is 0.933. The maximum Gasteiger partial charge on any atom is 0.328 e. The van der Waals surface area contributed by atoms with E-state index < -0.39 is 38.6 Å². The van der Waals surface area contributed by atoms with Crippen LogP contribution in [0.5, 0.6) is 0 Å². The van der Waals surface area contributed by atoms with Crippen molar-refractivity contribution in [2.45, 2.75) is 173 Å². The third-order valence-corrected chi connectivity index (χ3v) is 9.95. The minimum atomic E-state index is -5.22. The topological polar surface area (TPSA) is 129 Å². The summed E-state index contributed by atoms with van der Waals surface area (Å²) in [5.41, 5.74) is -1.33. The van der Waals surface area contributed by atoms with Gasteiger partial charge in [-0.05, 0) is 19.3 Å². The van der Waals surface area contributed by atoms with Gasteiger partial charge in [0.05, 0.1) is 6.42 Å². The van der Waals surface area contributed by atoms with Crippen molar-refractivity contribution in [3.05, 3.63) is 0 Å². The van der Waals surface area contributed by atoms with E-state index in [2.05, 4.69) is 20.8 Å². The van der Waals surface area contributed by atoms with E-state index >= 15 is 0 Å². The maximum atomic E-state index is 12.9. The molecular formula is C30H58O7S. The Bertz CT molecular complexity index is 719. The molecule has 0 aromatic carbocycles. The number of unbranched alkanes of at least 4 members (excludes halogenated alkanes) is 16. The average molecular weight is 563 g/mol. The number of carbonyl (C=O) groups is 2. The van der Waals surface area contributed by atoms with E-state index in [1.54, 1.807) is 0 Å². The molecule has 1 atom stereocenters. The zero-order chi connectivity index (χ0) is 28.9. The molecule has 0 saturated heterocycles. The van der Waals surface area contributed by atoms with Crippen LogP contribution in [0.25, 0.3) is 0 Å². The SMILES string of the molecule is CCCCCCCCCC(CCCCCCCC)(CCCCCCCC)C(CC(=O)O)(C(=O)O)S(=O)(=O)O. The molecule has 0 aliphatic heterocycles. The van der Waals surface area contributed by atoms with Gasteiger partial charge in [-0.15, -0.1) is 0 Å². The smallest absolute Gasteiger partial charge is 0.328 e. The molecule has 0 heterocycles. The number of carboxylic acids is 2. The number of aliphatic carboxylic acids is 2. The highest BCUT2D eigenvalue weighted by Gasteiger charge is 2.65. The lowest BCUT2D eigenvalue weighted by molar-refractivity contribution is -0.152. The predicted octanol–water partition coefficient (Wildman–Crippen LogP) is 8.80. The molecule has 0 rings (SSSR count). The summed E-state index contributed by atoms with van der Waals surface area (Å²) >= 11 is 0. The monoisotopic (exact) mass is 562 g/mol. The normalized spacial score (nSPS) is 13.9. The standard InChI is InChI=1S/C30H58O7S/c1-4-7-10-13-16-19-22-25-29(23-20-17-14-11-8-5-2,24-21-18-15-12-9-6-3)30(28(33)34,26-27(31)32)38(35,36)37/h4-26H2,1-3H3,(H,31,32)(H,33,34)(H,35,36,37). The van der Waals surface area contributed by atoms with Gasteiger partial charge in [0.1, 0.15) is 0 Å². The summed E-state index contributed by atoms with van der Waals surface area (Å²) in [6.07, 6.45) is 18.2. The molecule has 38 heavy (non-hydrogen) atoms. The van der Waals surface area contributed by atoms with Gasteiger partial charge in [0.2, 0.25) is 4.75 Å². The van der Waals surface area contributed by atoms with Gasteiger partial charge >= 0.3 is 11.9 Å². The third-order valence-electron chi connectivity index (χ3n) is 8.32. The summed E-state index contributed by atoms with van der Waals surface area (Å²) in [4.78, 5) is 24.7. The van der Waals surface area contributed by atoms with E-state index in [9.17, 15) is 32.8 Å². The van der Waals surface area contributed by atoms with Crippen molar-refractivity contribution in [1.82, 2.24) is 0 Å². The third kappa shape index (κ3) is 12.8. The summed E-state index contributed by atoms with van der Waals surface area (Å²) < 4.78 is 33.6. The van der Waals surface area contributed by atoms with Crippen LogP contribution >= 0.6 is 0 Å². The quantitative estimate of drug-likeness (QED) is 0.0673. The molecule has 0 fully saturated rings. The first-order valence-electron chi connectivity index (χ1n) is 15.5. The van der Waals surface area contributed by atoms with Crippen LogP contribution in [0.2, 0.25) is 0 Å². The number of carboxylic acid groups (broad SMARTS) is 2. The Hall–Kier alpha value is -1.15. The fourth-order valence-electron chi connectivity index (χ4n) is 6.07. The Morgan fingerprint density at radius 2 is 0.842 bits per heavy atom. The van der Waals surface area contributed by atoms with E-state index in [-0.39, 0.29) is 0 Å². The highest BCUT2D eigenvalue weighted by atomic mass is 32.2. The van der Waals surface area contributed by atoms with E-state index in [0.717, 1.165) is 96.3 Å². The second-order valence-corrected chi connectivity index (χ2v) is 13.0. The molecule has 7 nitrogen and oxygen atoms in total. The van der Waals surface area contributed by atoms with Gasteiger partial charge in [-0.25, -0.2) is 0 Å². The minimum absolute atomic E-state index is 0.295. The van der Waals surface area contributed by atoms with Crippen LogP contribution in [0.4, 0.5) is 0 Å². The molecule has 0 aliphatic carbocycles. The van der Waals surface area contributed by atoms with Crippen LogP contribution < -0.4 is 0 Å². The van der Waals surface area contributed by atoms with Crippen LogP contribution in [0.3, 0.4) is 0 Å². The first-order chi connectivity index (χ1) is 18.0. The van der Waals surface area contributed by atoms with E-state index in [1.165, 1.54) is 6.42 Å². The van der Waals surface area contributed by atoms with Crippen LogP contribution in [-0.2, 0) is 19.7 Å². The van der Waals surface area contributed by atoms with Crippen LogP contribution in [0.1, 0.15) is 168 Å². The predicted molar refractivity (Wildman–Crippen MR) is 155 cm³/mol. The Balaban J connectivity index is 6.16. The second-order valence-electron chi connectivity index (χ2n) is 11.4. The zero-order valence-electron chi connectivity index (χ0n) is 24.6. The van der Waals surface area contributed by atoms with Crippen LogP contribution in [-0.4, -0.2) is 39.9 Å². The highest BCUT2D eigenvalue weighted by Crippen LogP contribution is 2.52. The number of hydrogen-bond acceptors (Lipinski definition) is 4. The van der Waals surface area contributed by atoms with Gasteiger partial charge < -0.3 is 10.2 Å². The van der Waals surface area contributed by atoms with Gasteiger partial charge in [0.25, 0.3) is 10.1 Å². The molecule has 1 unspecified atom stereocenters. The first-order valence-corrected chi connectivity index (χ1v) is 16.9. The van der Waals surface area contributed by atoms with Gasteiger partial charge in [-0.2, -0.15) is 8.42 Å². The second kappa shape index (κ2) is 20.7. The molecule has 0 radical (unpaired) electrons. The summed E-state index contributed by atoms with van der Waals surface area (Å²) in [7, 11) is -5.22. The van der Waals surface area contributed by atoms with E-state index in [4.69, 9.17) is 0 Å². The Morgan fingerprint density at radius 1 is 0.553 bits per heavy atom. The molecule has 0 aromatic rings. The van der Waals surface area contributed by atoms with Gasteiger partial charge in [-0.3, -0.25) is 14.1 Å². The molecule has 0 amide bonds. The number of rotatable bonds is 27. The molecular weight excluding hydrogens is 504 g/mol. The van der Waals surface area contributed by atoms with Gasteiger partial charge in [0.15, 0.2) is 0 Å². The minimum Gasteiger partial charge on any atom is -0.481 e. The molecule has 0 aromatic heterocycles. The van der Waals surface area contributed by atoms with E-state index in [0.29, 0.717) is 38.5 Å². The van der Waals surface area contributed by atoms with Gasteiger partial charge in [-0.1, -0.05) is 143 Å². The largest absolute Gasteiger partial charge is 0.481 e. The molecule has 0 spiro atoms. The van der Waals surface area contributed by atoms with Crippen molar-refractivity contribution < 1.29 is 32.8 Å². The summed E-state index contributed by atoms with van der Waals surface area (Å²) in [6.45, 7) is 6.42. The van der Waals surface area contributed by atoms with Crippen molar-refractivity contribution in [3.63, 3.8) is 0 Å². The van der Waals surface area contributed by atoms with Crippen LogP contribution in [0, 0.1) is 5.41 Å². The molecule has 3 N–H and O–H groups in total. The molecule has 0 saturated carbocycles.